The van der Waals surface area contributed by atoms with Crippen molar-refractivity contribution in [2.45, 2.75) is 45.6 Å². The molecule has 0 saturated carbocycles. The highest BCUT2D eigenvalue weighted by atomic mass is 19.1. The highest BCUT2D eigenvalue weighted by Crippen LogP contribution is 2.40. The summed E-state index contributed by atoms with van der Waals surface area (Å²) in [6.45, 7) is 5.66. The average Bonchev–Trinajstić information content (AvgIpc) is 3.26. The number of aromatic nitrogens is 2. The van der Waals surface area contributed by atoms with Crippen molar-refractivity contribution in [1.29, 1.82) is 0 Å². The summed E-state index contributed by atoms with van der Waals surface area (Å²) in [5.41, 5.74) is 1.78. The van der Waals surface area contributed by atoms with Gasteiger partial charge in [-0.3, -0.25) is 9.69 Å². The smallest absolute Gasteiger partial charge is 0.407 e. The second-order valence-corrected chi connectivity index (χ2v) is 10.2. The lowest BCUT2D eigenvalue weighted by molar-refractivity contribution is -0.172. The van der Waals surface area contributed by atoms with Crippen LogP contribution in [0.1, 0.15) is 41.2 Å². The number of esters is 1. The van der Waals surface area contributed by atoms with Crippen molar-refractivity contribution in [3.63, 3.8) is 0 Å². The number of carbonyl (C=O) groups excluding carboxylic acids is 1. The molecule has 2 N–H and O–H groups in total. The molecule has 6 rings (SSSR count). The van der Waals surface area contributed by atoms with E-state index < -0.39 is 23.5 Å². The average molecular weight is 523 g/mol. The monoisotopic (exact) mass is 522 g/mol. The van der Waals surface area contributed by atoms with Gasteiger partial charge in [-0.2, -0.15) is 0 Å². The molecule has 3 aliphatic heterocycles. The maximum Gasteiger partial charge on any atom is 0.407 e. The Kier molecular flexibility index (Phi) is 5.55. The Morgan fingerprint density at radius 3 is 2.58 bits per heavy atom. The molecular formula is C27H27FN4O6. The second-order valence-electron chi connectivity index (χ2n) is 10.2. The van der Waals surface area contributed by atoms with Gasteiger partial charge in [-0.1, -0.05) is 6.92 Å². The zero-order chi connectivity index (χ0) is 26.9. The van der Waals surface area contributed by atoms with E-state index in [1.54, 1.807) is 30.5 Å². The minimum atomic E-state index is -1.93. The fourth-order valence-corrected chi connectivity index (χ4v) is 5.79. The van der Waals surface area contributed by atoms with Gasteiger partial charge in [0.1, 0.15) is 12.4 Å². The molecule has 0 spiro atoms. The van der Waals surface area contributed by atoms with Gasteiger partial charge in [-0.25, -0.2) is 19.0 Å². The summed E-state index contributed by atoms with van der Waals surface area (Å²) in [6.07, 6.45) is -0.906. The van der Waals surface area contributed by atoms with Gasteiger partial charge in [0, 0.05) is 55.3 Å². The summed E-state index contributed by atoms with van der Waals surface area (Å²) < 4.78 is 21.4. The van der Waals surface area contributed by atoms with Crippen LogP contribution in [0.3, 0.4) is 0 Å². The summed E-state index contributed by atoms with van der Waals surface area (Å²) in [5, 5.41) is 21.2. The Morgan fingerprint density at radius 2 is 1.89 bits per heavy atom. The molecule has 3 aliphatic rings. The van der Waals surface area contributed by atoms with Crippen molar-refractivity contribution in [2.75, 3.05) is 26.2 Å². The second kappa shape index (κ2) is 8.60. The van der Waals surface area contributed by atoms with Crippen molar-refractivity contribution in [3.05, 3.63) is 62.2 Å². The lowest BCUT2D eigenvalue weighted by Gasteiger charge is -2.33. The standard InChI is InChI=1S/C27H27FN4O6/c1-3-27(37)19-9-22-23-17(12-32(22)24(33)18(19)13-38-25(27)34)16(11-30-4-6-31(7-5-30)26(35)36)15-8-14(2)20(28)10-21(15)29-23/h8-10,37H,3-7,11-13H2,1-2H3,(H,35,36)/t27-/m0/s1. The highest BCUT2D eigenvalue weighted by molar-refractivity contribution is 5.89. The molecule has 1 atom stereocenters. The van der Waals surface area contributed by atoms with Crippen molar-refractivity contribution >= 4 is 23.0 Å². The summed E-state index contributed by atoms with van der Waals surface area (Å²) in [7, 11) is 0. The van der Waals surface area contributed by atoms with Crippen LogP contribution in [0, 0.1) is 12.7 Å². The molecule has 0 radical (unpaired) electrons. The largest absolute Gasteiger partial charge is 0.465 e. The van der Waals surface area contributed by atoms with Crippen LogP contribution in [-0.4, -0.2) is 67.8 Å². The first-order chi connectivity index (χ1) is 18.1. The first-order valence-corrected chi connectivity index (χ1v) is 12.6. The molecule has 3 aromatic rings. The Morgan fingerprint density at radius 1 is 1.16 bits per heavy atom. The number of rotatable bonds is 3. The minimum absolute atomic E-state index is 0.0395. The number of pyridine rings is 2. The topological polar surface area (TPSA) is 125 Å². The predicted octanol–water partition coefficient (Wildman–Crippen LogP) is 2.32. The summed E-state index contributed by atoms with van der Waals surface area (Å²) >= 11 is 0. The number of halogens is 1. The van der Waals surface area contributed by atoms with Crippen LogP contribution in [0.5, 0.6) is 0 Å². The quantitative estimate of drug-likeness (QED) is 0.393. The van der Waals surface area contributed by atoms with Gasteiger partial charge >= 0.3 is 12.1 Å². The Labute approximate surface area is 216 Å². The summed E-state index contributed by atoms with van der Waals surface area (Å²) in [4.78, 5) is 45.7. The van der Waals surface area contributed by atoms with Gasteiger partial charge in [0.2, 0.25) is 0 Å². The zero-order valence-electron chi connectivity index (χ0n) is 21.1. The van der Waals surface area contributed by atoms with Crippen molar-refractivity contribution < 1.29 is 28.9 Å². The van der Waals surface area contributed by atoms with Gasteiger partial charge in [0.25, 0.3) is 5.56 Å². The number of carboxylic acid groups (broad SMARTS) is 1. The maximum absolute atomic E-state index is 14.6. The Hall–Kier alpha value is -3.83. The number of aliphatic hydroxyl groups is 1. The molecule has 0 bridgehead atoms. The molecule has 1 amide bonds. The molecule has 10 nitrogen and oxygen atoms in total. The van der Waals surface area contributed by atoms with Crippen molar-refractivity contribution in [3.8, 4) is 11.4 Å². The minimum Gasteiger partial charge on any atom is -0.465 e. The lowest BCUT2D eigenvalue weighted by atomic mass is 9.86. The number of piperazine rings is 1. The first-order valence-electron chi connectivity index (χ1n) is 12.6. The van der Waals surface area contributed by atoms with Crippen LogP contribution in [-0.2, 0) is 34.8 Å². The van der Waals surface area contributed by atoms with E-state index in [1.165, 1.54) is 11.0 Å². The third-order valence-corrected chi connectivity index (χ3v) is 8.11. The van der Waals surface area contributed by atoms with Crippen LogP contribution in [0.25, 0.3) is 22.3 Å². The normalized spacial score (nSPS) is 20.7. The number of fused-ring (bicyclic) bond motifs is 5. The number of amides is 1. The lowest BCUT2D eigenvalue weighted by Crippen LogP contribution is -2.47. The molecular weight excluding hydrogens is 495 g/mol. The van der Waals surface area contributed by atoms with Gasteiger partial charge < -0.3 is 24.4 Å². The highest BCUT2D eigenvalue weighted by Gasteiger charge is 2.45. The van der Waals surface area contributed by atoms with Crippen LogP contribution in [0.4, 0.5) is 9.18 Å². The van der Waals surface area contributed by atoms with Crippen molar-refractivity contribution in [2.24, 2.45) is 0 Å². The summed E-state index contributed by atoms with van der Waals surface area (Å²) in [6, 6.07) is 4.79. The Bertz CT molecular complexity index is 1590. The molecule has 38 heavy (non-hydrogen) atoms. The van der Waals surface area contributed by atoms with Crippen LogP contribution < -0.4 is 5.56 Å². The molecule has 5 heterocycles. The van der Waals surface area contributed by atoms with Crippen LogP contribution in [0.2, 0.25) is 0 Å². The number of ether oxygens (including phenoxy) is 1. The number of cyclic esters (lactones) is 1. The number of aryl methyl sites for hydroxylation is 1. The number of hydrogen-bond acceptors (Lipinski definition) is 7. The number of hydrogen-bond donors (Lipinski definition) is 2. The van der Waals surface area contributed by atoms with Crippen molar-refractivity contribution in [1.82, 2.24) is 19.4 Å². The van der Waals surface area contributed by atoms with E-state index in [9.17, 15) is 29.0 Å². The molecule has 1 fully saturated rings. The molecule has 0 unspecified atom stereocenters. The number of benzene rings is 1. The maximum atomic E-state index is 14.6. The van der Waals surface area contributed by atoms with E-state index in [1.807, 2.05) is 0 Å². The first kappa shape index (κ1) is 24.5. The van der Waals surface area contributed by atoms with Crippen LogP contribution >= 0.6 is 0 Å². The molecule has 0 aliphatic carbocycles. The van der Waals surface area contributed by atoms with E-state index in [-0.39, 0.29) is 36.3 Å². The van der Waals surface area contributed by atoms with Crippen LogP contribution in [0.15, 0.2) is 23.0 Å². The van der Waals surface area contributed by atoms with E-state index in [0.717, 1.165) is 16.5 Å². The molecule has 198 valence electrons. The van der Waals surface area contributed by atoms with Gasteiger partial charge in [-0.05, 0) is 36.6 Å². The van der Waals surface area contributed by atoms with E-state index in [4.69, 9.17) is 9.72 Å². The third-order valence-electron chi connectivity index (χ3n) is 8.11. The SMILES string of the molecule is CC[C@@]1(O)C(=O)OCc2c1cc1n(c2=O)Cc2c-1nc1cc(F)c(C)cc1c2CN1CCN(C(=O)O)CC1. The Balaban J connectivity index is 1.52. The fourth-order valence-electron chi connectivity index (χ4n) is 5.79. The molecule has 1 aromatic carbocycles. The molecule has 1 saturated heterocycles. The summed E-state index contributed by atoms with van der Waals surface area (Å²) in [5.74, 6) is -1.19. The number of carbonyl (C=O) groups is 2. The van der Waals surface area contributed by atoms with E-state index >= 15 is 0 Å². The predicted molar refractivity (Wildman–Crippen MR) is 134 cm³/mol. The fraction of sp³-hybridized carbons (Fsp3) is 0.407. The van der Waals surface area contributed by atoms with E-state index in [0.29, 0.717) is 55.2 Å². The third kappa shape index (κ3) is 3.52. The van der Waals surface area contributed by atoms with Gasteiger partial charge in [0.15, 0.2) is 5.60 Å². The number of nitrogens with zero attached hydrogens (tertiary/aromatic N) is 4. The van der Waals surface area contributed by atoms with E-state index in [2.05, 4.69) is 4.90 Å². The van der Waals surface area contributed by atoms with Gasteiger partial charge in [0.05, 0.1) is 29.0 Å². The molecule has 2 aromatic heterocycles. The van der Waals surface area contributed by atoms with Gasteiger partial charge in [-0.15, -0.1) is 0 Å². The molecule has 11 heteroatoms. The zero-order valence-corrected chi connectivity index (χ0v) is 21.1.